The lowest BCUT2D eigenvalue weighted by atomic mass is 10.1. The van der Waals surface area contributed by atoms with Crippen LogP contribution >= 0.6 is 11.3 Å². The number of nitrogens with one attached hydrogen (secondary N) is 1. The van der Waals surface area contributed by atoms with Gasteiger partial charge in [-0.15, -0.1) is 11.3 Å². The first-order valence-corrected chi connectivity index (χ1v) is 6.98. The summed E-state index contributed by atoms with van der Waals surface area (Å²) in [6.07, 6.45) is 0.426. The number of amides is 1. The first-order chi connectivity index (χ1) is 9.74. The Balaban J connectivity index is 2.08. The van der Waals surface area contributed by atoms with Crippen molar-refractivity contribution < 1.29 is 9.53 Å². The number of methoxy groups -OCH3 is 1. The number of rotatable bonds is 5. The summed E-state index contributed by atoms with van der Waals surface area (Å²) >= 11 is 1.54. The average molecular weight is 286 g/mol. The second kappa shape index (κ2) is 6.73. The third-order valence-corrected chi connectivity index (χ3v) is 3.72. The van der Waals surface area contributed by atoms with E-state index in [0.29, 0.717) is 17.9 Å². The number of nitrogens with zero attached hydrogens (tertiary/aromatic N) is 1. The summed E-state index contributed by atoms with van der Waals surface area (Å²) in [6.45, 7) is 0. The van der Waals surface area contributed by atoms with Crippen molar-refractivity contribution in [2.45, 2.75) is 6.42 Å². The predicted molar refractivity (Wildman–Crippen MR) is 78.7 cm³/mol. The third kappa shape index (κ3) is 3.37. The number of thiophene rings is 1. The highest BCUT2D eigenvalue weighted by molar-refractivity contribution is 7.09. The average Bonchev–Trinajstić information content (AvgIpc) is 2.98. The number of nitriles is 1. The number of ether oxygens (including phenoxy) is 1. The van der Waals surface area contributed by atoms with Crippen molar-refractivity contribution in [1.82, 2.24) is 0 Å². The van der Waals surface area contributed by atoms with Gasteiger partial charge in [-0.3, -0.25) is 4.79 Å². The lowest BCUT2D eigenvalue weighted by molar-refractivity contribution is -0.118. The molecule has 0 saturated heterocycles. The number of benzene rings is 1. The SMILES string of the molecule is COc1ccccc1NC(=O)[C@H](C#N)Cc1cccs1. The van der Waals surface area contributed by atoms with Crippen LogP contribution < -0.4 is 10.1 Å². The zero-order valence-electron chi connectivity index (χ0n) is 11.0. The minimum atomic E-state index is -0.710. The quantitative estimate of drug-likeness (QED) is 0.918. The van der Waals surface area contributed by atoms with Crippen molar-refractivity contribution in [2.24, 2.45) is 5.92 Å². The first kappa shape index (κ1) is 14.1. The van der Waals surface area contributed by atoms with E-state index in [1.807, 2.05) is 23.6 Å². The molecule has 0 aliphatic heterocycles. The molecule has 0 aliphatic carbocycles. The minimum Gasteiger partial charge on any atom is -0.495 e. The molecule has 0 spiro atoms. The zero-order valence-corrected chi connectivity index (χ0v) is 11.8. The molecule has 2 aromatic rings. The maximum absolute atomic E-state index is 12.2. The summed E-state index contributed by atoms with van der Waals surface area (Å²) in [5.74, 6) is -0.447. The lowest BCUT2D eigenvalue weighted by Crippen LogP contribution is -2.23. The molecule has 0 fully saturated rings. The summed E-state index contributed by atoms with van der Waals surface area (Å²) in [6, 6.07) is 13.0. The molecule has 0 unspecified atom stereocenters. The Morgan fingerprint density at radius 3 is 2.85 bits per heavy atom. The van der Waals surface area contributed by atoms with E-state index >= 15 is 0 Å². The summed E-state index contributed by atoms with van der Waals surface area (Å²) in [5.41, 5.74) is 0.575. The monoisotopic (exact) mass is 286 g/mol. The van der Waals surface area contributed by atoms with Crippen molar-refractivity contribution in [3.63, 3.8) is 0 Å². The molecular formula is C15H14N2O2S. The van der Waals surface area contributed by atoms with Gasteiger partial charge in [-0.25, -0.2) is 0 Å². The van der Waals surface area contributed by atoms with Gasteiger partial charge in [0.15, 0.2) is 0 Å². The van der Waals surface area contributed by atoms with Crippen LogP contribution in [0.15, 0.2) is 41.8 Å². The second-order valence-electron chi connectivity index (χ2n) is 4.15. The molecule has 0 aliphatic rings. The van der Waals surface area contributed by atoms with Crippen LogP contribution in [0.4, 0.5) is 5.69 Å². The molecule has 1 atom stereocenters. The van der Waals surface area contributed by atoms with Gasteiger partial charge >= 0.3 is 0 Å². The molecule has 1 aromatic carbocycles. The number of hydrogen-bond acceptors (Lipinski definition) is 4. The van der Waals surface area contributed by atoms with E-state index in [0.717, 1.165) is 4.88 Å². The summed E-state index contributed by atoms with van der Waals surface area (Å²) in [7, 11) is 1.54. The molecule has 102 valence electrons. The first-order valence-electron chi connectivity index (χ1n) is 6.10. The Kier molecular flexibility index (Phi) is 4.75. The van der Waals surface area contributed by atoms with Crippen LogP contribution in [-0.2, 0) is 11.2 Å². The van der Waals surface area contributed by atoms with E-state index in [1.54, 1.807) is 36.6 Å². The minimum absolute atomic E-state index is 0.314. The summed E-state index contributed by atoms with van der Waals surface area (Å²) in [5, 5.41) is 13.8. The standard InChI is InChI=1S/C15H14N2O2S/c1-19-14-7-3-2-6-13(14)17-15(18)11(10-16)9-12-5-4-8-20-12/h2-8,11H,9H2,1H3,(H,17,18)/t11-/m0/s1. The third-order valence-electron chi connectivity index (χ3n) is 2.82. The highest BCUT2D eigenvalue weighted by Gasteiger charge is 2.20. The van der Waals surface area contributed by atoms with Gasteiger partial charge in [0.05, 0.1) is 18.9 Å². The van der Waals surface area contributed by atoms with Gasteiger partial charge in [0.25, 0.3) is 0 Å². The Morgan fingerprint density at radius 1 is 1.40 bits per heavy atom. The molecule has 2 rings (SSSR count). The van der Waals surface area contributed by atoms with Crippen LogP contribution in [0.2, 0.25) is 0 Å². The van der Waals surface area contributed by atoms with Gasteiger partial charge in [-0.1, -0.05) is 18.2 Å². The molecule has 20 heavy (non-hydrogen) atoms. The van der Waals surface area contributed by atoms with Gasteiger partial charge < -0.3 is 10.1 Å². The largest absolute Gasteiger partial charge is 0.495 e. The highest BCUT2D eigenvalue weighted by atomic mass is 32.1. The van der Waals surface area contributed by atoms with Crippen LogP contribution in [0, 0.1) is 17.2 Å². The number of carbonyl (C=O) groups excluding carboxylic acids is 1. The van der Waals surface area contributed by atoms with Crippen LogP contribution in [0.25, 0.3) is 0 Å². The highest BCUT2D eigenvalue weighted by Crippen LogP contribution is 2.24. The second-order valence-corrected chi connectivity index (χ2v) is 5.19. The van der Waals surface area contributed by atoms with Gasteiger partial charge in [0, 0.05) is 11.3 Å². The van der Waals surface area contributed by atoms with E-state index in [9.17, 15) is 4.79 Å². The number of para-hydroxylation sites is 2. The Hall–Kier alpha value is -2.32. The molecule has 4 nitrogen and oxygen atoms in total. The molecule has 5 heteroatoms. The van der Waals surface area contributed by atoms with Gasteiger partial charge in [-0.2, -0.15) is 5.26 Å². The topological polar surface area (TPSA) is 62.1 Å². The van der Waals surface area contributed by atoms with Gasteiger partial charge in [0.1, 0.15) is 11.7 Å². The maximum atomic E-state index is 12.2. The van der Waals surface area contributed by atoms with E-state index in [4.69, 9.17) is 10.00 Å². The molecular weight excluding hydrogens is 272 g/mol. The molecule has 0 radical (unpaired) electrons. The van der Waals surface area contributed by atoms with E-state index < -0.39 is 5.92 Å². The maximum Gasteiger partial charge on any atom is 0.242 e. The molecule has 0 bridgehead atoms. The van der Waals surface area contributed by atoms with Crippen molar-refractivity contribution in [3.8, 4) is 11.8 Å². The van der Waals surface area contributed by atoms with Crippen molar-refractivity contribution in [3.05, 3.63) is 46.7 Å². The Bertz CT molecular complexity index is 617. The molecule has 1 N–H and O–H groups in total. The van der Waals surface area contributed by atoms with Gasteiger partial charge in [0.2, 0.25) is 5.91 Å². The summed E-state index contributed by atoms with van der Waals surface area (Å²) < 4.78 is 5.17. The predicted octanol–water partition coefficient (Wildman–Crippen LogP) is 3.08. The normalized spacial score (nSPS) is 11.4. The fourth-order valence-corrected chi connectivity index (χ4v) is 2.55. The van der Waals surface area contributed by atoms with Crippen LogP contribution in [0.3, 0.4) is 0 Å². The van der Waals surface area contributed by atoms with Crippen LogP contribution in [-0.4, -0.2) is 13.0 Å². The Labute approximate surface area is 121 Å². The molecule has 0 saturated carbocycles. The molecule has 1 aromatic heterocycles. The number of carbonyl (C=O) groups is 1. The number of anilines is 1. The van der Waals surface area contributed by atoms with E-state index in [2.05, 4.69) is 11.4 Å². The fraction of sp³-hybridized carbons (Fsp3) is 0.200. The van der Waals surface area contributed by atoms with Crippen LogP contribution in [0.1, 0.15) is 4.88 Å². The lowest BCUT2D eigenvalue weighted by Gasteiger charge is -2.12. The summed E-state index contributed by atoms with van der Waals surface area (Å²) in [4.78, 5) is 13.2. The van der Waals surface area contributed by atoms with E-state index in [-0.39, 0.29) is 5.91 Å². The van der Waals surface area contributed by atoms with E-state index in [1.165, 1.54) is 0 Å². The fourth-order valence-electron chi connectivity index (χ4n) is 1.79. The van der Waals surface area contributed by atoms with Crippen molar-refractivity contribution in [2.75, 3.05) is 12.4 Å². The molecule has 1 heterocycles. The van der Waals surface area contributed by atoms with Gasteiger partial charge in [-0.05, 0) is 23.6 Å². The number of hydrogen-bond donors (Lipinski definition) is 1. The van der Waals surface area contributed by atoms with Crippen LogP contribution in [0.5, 0.6) is 5.75 Å². The molecule has 1 amide bonds. The zero-order chi connectivity index (χ0) is 14.4. The van der Waals surface area contributed by atoms with Crippen molar-refractivity contribution >= 4 is 22.9 Å². The van der Waals surface area contributed by atoms with Crippen molar-refractivity contribution in [1.29, 1.82) is 5.26 Å². The Morgan fingerprint density at radius 2 is 2.20 bits per heavy atom. The smallest absolute Gasteiger partial charge is 0.242 e.